The molecule has 9 nitrogen and oxygen atoms in total. The number of ether oxygens (including phenoxy) is 1. The van der Waals surface area contributed by atoms with Crippen molar-refractivity contribution in [2.24, 2.45) is 14.1 Å². The molecule has 0 radical (unpaired) electrons. The topological polar surface area (TPSA) is 94.5 Å². The van der Waals surface area contributed by atoms with Crippen molar-refractivity contribution in [2.45, 2.75) is 25.0 Å². The fourth-order valence-electron chi connectivity index (χ4n) is 3.50. The lowest BCUT2D eigenvalue weighted by Crippen LogP contribution is -2.52. The second kappa shape index (κ2) is 6.40. The summed E-state index contributed by atoms with van der Waals surface area (Å²) in [5.41, 5.74) is -1.13. The van der Waals surface area contributed by atoms with E-state index in [2.05, 4.69) is 9.88 Å². The number of likely N-dealkylation sites (tertiary alicyclic amines) is 1. The monoisotopic (exact) mass is 351 g/mol. The van der Waals surface area contributed by atoms with Gasteiger partial charge in [0.15, 0.2) is 11.2 Å². The summed E-state index contributed by atoms with van der Waals surface area (Å²) in [5, 5.41) is 10.9. The predicted molar refractivity (Wildman–Crippen MR) is 92.8 cm³/mol. The van der Waals surface area contributed by atoms with Crippen molar-refractivity contribution < 1.29 is 9.84 Å². The van der Waals surface area contributed by atoms with Gasteiger partial charge in [0.2, 0.25) is 0 Å². The van der Waals surface area contributed by atoms with Gasteiger partial charge in [-0.3, -0.25) is 18.8 Å². The van der Waals surface area contributed by atoms with Crippen molar-refractivity contribution >= 4 is 11.2 Å². The lowest BCUT2D eigenvalue weighted by atomic mass is 9.88. The first kappa shape index (κ1) is 17.8. The van der Waals surface area contributed by atoms with Crippen LogP contribution in [0.1, 0.15) is 19.4 Å². The van der Waals surface area contributed by atoms with Crippen LogP contribution in [-0.2, 0) is 18.8 Å². The van der Waals surface area contributed by atoms with E-state index < -0.39 is 16.9 Å². The van der Waals surface area contributed by atoms with Crippen LogP contribution in [0.5, 0.6) is 0 Å². The Labute approximate surface area is 145 Å². The third-order valence-electron chi connectivity index (χ3n) is 5.20. The molecule has 1 aliphatic heterocycles. The van der Waals surface area contributed by atoms with E-state index in [4.69, 9.17) is 4.74 Å². The predicted octanol–water partition coefficient (Wildman–Crippen LogP) is -0.922. The molecule has 1 fully saturated rings. The number of hydrogen-bond donors (Lipinski definition) is 1. The zero-order valence-electron chi connectivity index (χ0n) is 15.1. The Balaban J connectivity index is 2.11. The fraction of sp³-hybridized carbons (Fsp3) is 0.688. The molecule has 2 aromatic rings. The molecule has 3 rings (SSSR count). The Morgan fingerprint density at radius 3 is 2.76 bits per heavy atom. The maximum absolute atomic E-state index is 12.7. The number of aryl methyl sites for hydroxylation is 1. The first-order valence-electron chi connectivity index (χ1n) is 8.34. The minimum absolute atomic E-state index is 0.331. The number of hydrogen-bond acceptors (Lipinski definition) is 6. The Kier molecular flexibility index (Phi) is 4.56. The number of piperidine rings is 1. The number of fused-ring (bicyclic) bond motifs is 1. The molecule has 0 spiro atoms. The maximum atomic E-state index is 12.7. The minimum Gasteiger partial charge on any atom is -0.388 e. The summed E-state index contributed by atoms with van der Waals surface area (Å²) >= 11 is 0. The maximum Gasteiger partial charge on any atom is 0.332 e. The van der Waals surface area contributed by atoms with Gasteiger partial charge in [-0.25, -0.2) is 9.78 Å². The van der Waals surface area contributed by atoms with Crippen molar-refractivity contribution in [3.63, 3.8) is 0 Å². The molecule has 0 bridgehead atoms. The van der Waals surface area contributed by atoms with Gasteiger partial charge in [0.05, 0.1) is 24.6 Å². The molecule has 25 heavy (non-hydrogen) atoms. The summed E-state index contributed by atoms with van der Waals surface area (Å²) in [6.45, 7) is 4.48. The summed E-state index contributed by atoms with van der Waals surface area (Å²) in [4.78, 5) is 31.2. The van der Waals surface area contributed by atoms with Crippen LogP contribution in [0.4, 0.5) is 0 Å². The van der Waals surface area contributed by atoms with E-state index in [9.17, 15) is 14.7 Å². The van der Waals surface area contributed by atoms with E-state index in [-0.39, 0.29) is 6.04 Å². The molecule has 0 saturated carbocycles. The van der Waals surface area contributed by atoms with Gasteiger partial charge in [-0.05, 0) is 13.3 Å². The van der Waals surface area contributed by atoms with Gasteiger partial charge in [0, 0.05) is 40.8 Å². The second-order valence-electron chi connectivity index (χ2n) is 6.95. The molecule has 0 aromatic carbocycles. The van der Waals surface area contributed by atoms with Crippen LogP contribution >= 0.6 is 0 Å². The average Bonchev–Trinajstić information content (AvgIpc) is 3.01. The zero-order valence-corrected chi connectivity index (χ0v) is 15.1. The van der Waals surface area contributed by atoms with E-state index in [1.165, 1.54) is 11.6 Å². The van der Waals surface area contributed by atoms with Gasteiger partial charge in [0.1, 0.15) is 0 Å². The van der Waals surface area contributed by atoms with Crippen molar-refractivity contribution in [1.82, 2.24) is 23.6 Å². The number of aromatic nitrogens is 4. The van der Waals surface area contributed by atoms with Gasteiger partial charge in [-0.15, -0.1) is 0 Å². The highest BCUT2D eigenvalue weighted by molar-refractivity contribution is 5.70. The summed E-state index contributed by atoms with van der Waals surface area (Å²) < 4.78 is 9.28. The van der Waals surface area contributed by atoms with Crippen LogP contribution in [0.2, 0.25) is 0 Å². The standard InChI is InChI=1S/C16H25N5O4/c1-16(24)5-6-20(7-8-25-4)9-11(16)21-10-17-13-12(21)14(22)19(3)15(23)18(13)2/h10-11,24H,5-9H2,1-4H3/t11-,16-/m0/s1. The third-order valence-corrected chi connectivity index (χ3v) is 5.20. The molecule has 1 saturated heterocycles. The number of rotatable bonds is 4. The second-order valence-corrected chi connectivity index (χ2v) is 6.95. The third kappa shape index (κ3) is 2.92. The van der Waals surface area contributed by atoms with Crippen molar-refractivity contribution in [3.8, 4) is 0 Å². The summed E-state index contributed by atoms with van der Waals surface area (Å²) in [7, 11) is 4.70. The molecule has 138 valence electrons. The number of methoxy groups -OCH3 is 1. The van der Waals surface area contributed by atoms with Gasteiger partial charge in [0.25, 0.3) is 5.56 Å². The van der Waals surface area contributed by atoms with Crippen LogP contribution < -0.4 is 11.2 Å². The molecule has 0 amide bonds. The molecule has 3 heterocycles. The highest BCUT2D eigenvalue weighted by Crippen LogP contribution is 2.32. The smallest absolute Gasteiger partial charge is 0.332 e. The normalized spacial score (nSPS) is 24.9. The molecule has 0 aliphatic carbocycles. The minimum atomic E-state index is -0.975. The van der Waals surface area contributed by atoms with Crippen molar-refractivity contribution in [2.75, 3.05) is 33.4 Å². The van der Waals surface area contributed by atoms with E-state index >= 15 is 0 Å². The number of aliphatic hydroxyl groups is 1. The van der Waals surface area contributed by atoms with E-state index in [1.54, 1.807) is 32.0 Å². The fourth-order valence-corrected chi connectivity index (χ4v) is 3.50. The molecule has 1 N–H and O–H groups in total. The largest absolute Gasteiger partial charge is 0.388 e. The van der Waals surface area contributed by atoms with E-state index in [0.717, 1.165) is 17.7 Å². The SMILES string of the molecule is COCCN1CC[C@](C)(O)[C@@H](n2cnc3c2c(=O)n(C)c(=O)n3C)C1. The highest BCUT2D eigenvalue weighted by atomic mass is 16.5. The van der Waals surface area contributed by atoms with Crippen molar-refractivity contribution in [3.05, 3.63) is 27.2 Å². The highest BCUT2D eigenvalue weighted by Gasteiger charge is 2.39. The number of imidazole rings is 1. The van der Waals surface area contributed by atoms with Crippen LogP contribution in [0, 0.1) is 0 Å². The Hall–Kier alpha value is -1.97. The van der Waals surface area contributed by atoms with Crippen LogP contribution in [0.3, 0.4) is 0 Å². The molecule has 2 aromatic heterocycles. The van der Waals surface area contributed by atoms with Crippen molar-refractivity contribution in [1.29, 1.82) is 0 Å². The molecule has 2 atom stereocenters. The zero-order chi connectivity index (χ0) is 18.4. The average molecular weight is 351 g/mol. The van der Waals surface area contributed by atoms with Gasteiger partial charge < -0.3 is 14.4 Å². The lowest BCUT2D eigenvalue weighted by Gasteiger charge is -2.43. The summed E-state index contributed by atoms with van der Waals surface area (Å²) in [6.07, 6.45) is 2.12. The lowest BCUT2D eigenvalue weighted by molar-refractivity contribution is -0.0528. The van der Waals surface area contributed by atoms with Crippen LogP contribution in [0.25, 0.3) is 11.2 Å². The molecular weight excluding hydrogens is 326 g/mol. The first-order valence-corrected chi connectivity index (χ1v) is 8.34. The van der Waals surface area contributed by atoms with Gasteiger partial charge >= 0.3 is 5.69 Å². The van der Waals surface area contributed by atoms with E-state index in [0.29, 0.717) is 30.7 Å². The Bertz CT molecular complexity index is 894. The molecule has 9 heteroatoms. The van der Waals surface area contributed by atoms with Gasteiger partial charge in [-0.1, -0.05) is 0 Å². The summed E-state index contributed by atoms with van der Waals surface area (Å²) in [5.74, 6) is 0. The van der Waals surface area contributed by atoms with Crippen LogP contribution in [0.15, 0.2) is 15.9 Å². The van der Waals surface area contributed by atoms with Crippen LogP contribution in [-0.4, -0.2) is 67.6 Å². The Morgan fingerprint density at radius 1 is 1.36 bits per heavy atom. The number of nitrogens with zero attached hydrogens (tertiary/aromatic N) is 5. The molecular formula is C16H25N5O4. The van der Waals surface area contributed by atoms with Gasteiger partial charge in [-0.2, -0.15) is 0 Å². The molecule has 1 aliphatic rings. The molecule has 0 unspecified atom stereocenters. The Morgan fingerprint density at radius 2 is 2.08 bits per heavy atom. The first-order chi connectivity index (χ1) is 11.8. The summed E-state index contributed by atoms with van der Waals surface area (Å²) in [6, 6.07) is -0.340. The van der Waals surface area contributed by atoms with E-state index in [1.807, 2.05) is 0 Å². The quantitative estimate of drug-likeness (QED) is 0.765.